The molecule has 0 aliphatic rings. The van der Waals surface area contributed by atoms with Gasteiger partial charge in [-0.15, -0.1) is 0 Å². The van der Waals surface area contributed by atoms with Gasteiger partial charge in [-0.3, -0.25) is 4.79 Å². The third-order valence-electron chi connectivity index (χ3n) is 1.22. The molecule has 0 unspecified atom stereocenters. The van der Waals surface area contributed by atoms with Crippen molar-refractivity contribution >= 4 is 12.0 Å². The number of rotatable bonds is 2. The van der Waals surface area contributed by atoms with Crippen molar-refractivity contribution in [2.75, 3.05) is 0 Å². The van der Waals surface area contributed by atoms with E-state index in [0.29, 0.717) is 0 Å². The van der Waals surface area contributed by atoms with Gasteiger partial charge in [-0.05, 0) is 18.2 Å². The first kappa shape index (κ1) is 8.39. The highest BCUT2D eigenvalue weighted by atomic mass is 19.1. The van der Waals surface area contributed by atoms with Crippen molar-refractivity contribution in [1.29, 1.82) is 0 Å². The van der Waals surface area contributed by atoms with E-state index in [1.807, 2.05) is 0 Å². The van der Waals surface area contributed by atoms with Crippen LogP contribution in [0, 0.1) is 5.95 Å². The Balaban J connectivity index is 2.89. The fourth-order valence-electron chi connectivity index (χ4n) is 0.695. The van der Waals surface area contributed by atoms with E-state index in [1.54, 1.807) is 6.07 Å². The van der Waals surface area contributed by atoms with Gasteiger partial charge in [0.25, 0.3) is 0 Å². The van der Waals surface area contributed by atoms with Crippen molar-refractivity contribution in [2.45, 2.75) is 0 Å². The summed E-state index contributed by atoms with van der Waals surface area (Å²) in [6.45, 7) is 0. The Labute approximate surface area is 68.7 Å². The molecule has 0 atom stereocenters. The normalized spacial score (nSPS) is 10.4. The Morgan fingerprint density at radius 3 is 3.00 bits per heavy atom. The lowest BCUT2D eigenvalue weighted by Gasteiger charge is -1.92. The van der Waals surface area contributed by atoms with E-state index in [9.17, 15) is 9.18 Å². The minimum Gasteiger partial charge on any atom is -0.366 e. The highest BCUT2D eigenvalue weighted by Gasteiger charge is 1.96. The summed E-state index contributed by atoms with van der Waals surface area (Å²) in [6, 6.07) is 3.07. The van der Waals surface area contributed by atoms with Crippen molar-refractivity contribution in [3.8, 4) is 0 Å². The molecule has 1 aromatic rings. The van der Waals surface area contributed by atoms with E-state index in [0.717, 1.165) is 6.08 Å². The third kappa shape index (κ3) is 2.16. The van der Waals surface area contributed by atoms with Crippen LogP contribution in [-0.2, 0) is 4.79 Å². The molecule has 0 saturated carbocycles. The van der Waals surface area contributed by atoms with Gasteiger partial charge in [0.2, 0.25) is 11.9 Å². The molecule has 0 aliphatic carbocycles. The van der Waals surface area contributed by atoms with Crippen LogP contribution in [-0.4, -0.2) is 10.9 Å². The molecule has 2 N–H and O–H groups in total. The maximum Gasteiger partial charge on any atom is 0.241 e. The van der Waals surface area contributed by atoms with Crippen LogP contribution in [0.5, 0.6) is 0 Å². The van der Waals surface area contributed by atoms with Gasteiger partial charge in [-0.25, -0.2) is 4.98 Å². The van der Waals surface area contributed by atoms with Crippen molar-refractivity contribution < 1.29 is 9.18 Å². The number of carbonyl (C=O) groups is 1. The van der Waals surface area contributed by atoms with E-state index in [2.05, 4.69) is 4.98 Å². The molecule has 0 aromatic carbocycles. The lowest BCUT2D eigenvalue weighted by molar-refractivity contribution is -0.113. The van der Waals surface area contributed by atoms with Crippen LogP contribution in [0.1, 0.15) is 5.56 Å². The number of amides is 1. The minimum atomic E-state index is -0.616. The molecule has 0 saturated heterocycles. The summed E-state index contributed by atoms with van der Waals surface area (Å²) in [5.74, 6) is -1.23. The third-order valence-corrected chi connectivity index (χ3v) is 1.22. The van der Waals surface area contributed by atoms with Crippen molar-refractivity contribution in [3.05, 3.63) is 35.9 Å². The molecule has 4 heteroatoms. The van der Waals surface area contributed by atoms with Crippen LogP contribution >= 0.6 is 0 Å². The summed E-state index contributed by atoms with van der Waals surface area (Å²) < 4.78 is 12.7. The average Bonchev–Trinajstić information content (AvgIpc) is 2.03. The standard InChI is InChI=1S/C8H7FN2O/c9-8-6(2-1-5-11-8)3-4-7(10)12/h1-5H,(H2,10,12). The highest BCUT2D eigenvalue weighted by Crippen LogP contribution is 2.04. The van der Waals surface area contributed by atoms with Gasteiger partial charge in [0, 0.05) is 17.8 Å². The lowest BCUT2D eigenvalue weighted by atomic mass is 10.2. The first-order valence-electron chi connectivity index (χ1n) is 3.28. The Morgan fingerprint density at radius 1 is 1.67 bits per heavy atom. The average molecular weight is 166 g/mol. The molecule has 0 fully saturated rings. The summed E-state index contributed by atoms with van der Waals surface area (Å²) >= 11 is 0. The van der Waals surface area contributed by atoms with E-state index in [4.69, 9.17) is 5.73 Å². The van der Waals surface area contributed by atoms with Crippen molar-refractivity contribution in [2.24, 2.45) is 5.73 Å². The summed E-state index contributed by atoms with van der Waals surface area (Å²) in [6.07, 6.45) is 3.70. The number of aromatic nitrogens is 1. The number of nitrogens with two attached hydrogens (primary N) is 1. The minimum absolute atomic E-state index is 0.247. The number of carbonyl (C=O) groups excluding carboxylic acids is 1. The first-order chi connectivity index (χ1) is 5.70. The largest absolute Gasteiger partial charge is 0.366 e. The van der Waals surface area contributed by atoms with Gasteiger partial charge in [0.15, 0.2) is 0 Å². The fourth-order valence-corrected chi connectivity index (χ4v) is 0.695. The van der Waals surface area contributed by atoms with Crippen LogP contribution in [0.15, 0.2) is 24.4 Å². The zero-order valence-electron chi connectivity index (χ0n) is 6.20. The monoisotopic (exact) mass is 166 g/mol. The second-order valence-electron chi connectivity index (χ2n) is 2.12. The quantitative estimate of drug-likeness (QED) is 0.519. The van der Waals surface area contributed by atoms with Gasteiger partial charge in [0.1, 0.15) is 0 Å². The van der Waals surface area contributed by atoms with Crippen LogP contribution in [0.4, 0.5) is 4.39 Å². The summed E-state index contributed by atoms with van der Waals surface area (Å²) in [7, 11) is 0. The highest BCUT2D eigenvalue weighted by molar-refractivity contribution is 5.90. The molecule has 3 nitrogen and oxygen atoms in total. The van der Waals surface area contributed by atoms with Crippen LogP contribution in [0.2, 0.25) is 0 Å². The molecule has 0 radical (unpaired) electrons. The Morgan fingerprint density at radius 2 is 2.42 bits per heavy atom. The molecular weight excluding hydrogens is 159 g/mol. The molecule has 0 spiro atoms. The number of hydrogen-bond acceptors (Lipinski definition) is 2. The van der Waals surface area contributed by atoms with Crippen molar-refractivity contribution in [3.63, 3.8) is 0 Å². The maximum atomic E-state index is 12.7. The molecule has 0 aliphatic heterocycles. The Hall–Kier alpha value is -1.71. The summed E-state index contributed by atoms with van der Waals surface area (Å²) in [5, 5.41) is 0. The number of pyridine rings is 1. The fraction of sp³-hybridized carbons (Fsp3) is 0. The zero-order valence-corrected chi connectivity index (χ0v) is 6.20. The summed E-state index contributed by atoms with van der Waals surface area (Å²) in [5.41, 5.74) is 5.07. The smallest absolute Gasteiger partial charge is 0.241 e. The first-order valence-corrected chi connectivity index (χ1v) is 3.28. The van der Waals surface area contributed by atoms with Gasteiger partial charge >= 0.3 is 0 Å². The van der Waals surface area contributed by atoms with E-state index < -0.39 is 11.9 Å². The van der Waals surface area contributed by atoms with E-state index >= 15 is 0 Å². The molecule has 1 aromatic heterocycles. The molecule has 1 rings (SSSR count). The predicted molar refractivity (Wildman–Crippen MR) is 42.4 cm³/mol. The second kappa shape index (κ2) is 3.61. The van der Waals surface area contributed by atoms with Crippen LogP contribution < -0.4 is 5.73 Å². The van der Waals surface area contributed by atoms with Crippen LogP contribution in [0.25, 0.3) is 6.08 Å². The Bertz CT molecular complexity index is 323. The SMILES string of the molecule is NC(=O)C=Cc1cccnc1F. The number of nitrogens with zero attached hydrogens (tertiary/aromatic N) is 1. The van der Waals surface area contributed by atoms with E-state index in [-0.39, 0.29) is 5.56 Å². The predicted octanol–water partition coefficient (Wildman–Crippen LogP) is 0.719. The number of halogens is 1. The molecule has 62 valence electrons. The number of hydrogen-bond donors (Lipinski definition) is 1. The molecule has 1 amide bonds. The molecular formula is C8H7FN2O. The Kier molecular flexibility index (Phi) is 2.53. The van der Waals surface area contributed by atoms with Gasteiger partial charge in [-0.2, -0.15) is 4.39 Å². The summed E-state index contributed by atoms with van der Waals surface area (Å²) in [4.78, 5) is 13.7. The zero-order chi connectivity index (χ0) is 8.97. The van der Waals surface area contributed by atoms with Crippen molar-refractivity contribution in [1.82, 2.24) is 4.98 Å². The van der Waals surface area contributed by atoms with Gasteiger partial charge in [-0.1, -0.05) is 0 Å². The van der Waals surface area contributed by atoms with E-state index in [1.165, 1.54) is 18.3 Å². The van der Waals surface area contributed by atoms with Gasteiger partial charge in [0.05, 0.1) is 0 Å². The molecule has 12 heavy (non-hydrogen) atoms. The van der Waals surface area contributed by atoms with Gasteiger partial charge < -0.3 is 5.73 Å². The second-order valence-corrected chi connectivity index (χ2v) is 2.12. The molecule has 0 bridgehead atoms. The molecule has 1 heterocycles. The topological polar surface area (TPSA) is 56.0 Å². The number of primary amides is 1. The lowest BCUT2D eigenvalue weighted by Crippen LogP contribution is -2.05. The van der Waals surface area contributed by atoms with Crippen LogP contribution in [0.3, 0.4) is 0 Å². The maximum absolute atomic E-state index is 12.7.